The zero-order chi connectivity index (χ0) is 19.3. The van der Waals surface area contributed by atoms with Crippen LogP contribution in [0.25, 0.3) is 21.9 Å². The number of aromatic nitrogens is 1. The third-order valence-corrected chi connectivity index (χ3v) is 4.75. The lowest BCUT2D eigenvalue weighted by Gasteiger charge is -2.25. The number of methoxy groups -OCH3 is 4. The van der Waals surface area contributed by atoms with Gasteiger partial charge in [-0.3, -0.25) is 9.78 Å². The van der Waals surface area contributed by atoms with Gasteiger partial charge in [-0.2, -0.15) is 0 Å². The van der Waals surface area contributed by atoms with Gasteiger partial charge in [0.15, 0.2) is 23.0 Å². The Morgan fingerprint density at radius 1 is 0.889 bits per heavy atom. The van der Waals surface area contributed by atoms with Crippen molar-refractivity contribution in [2.24, 2.45) is 0 Å². The number of ether oxygens (including phenoxy) is 4. The molecule has 0 aliphatic heterocycles. The number of rotatable bonds is 4. The van der Waals surface area contributed by atoms with Gasteiger partial charge in [-0.25, -0.2) is 0 Å². The van der Waals surface area contributed by atoms with E-state index >= 15 is 0 Å². The van der Waals surface area contributed by atoms with Crippen molar-refractivity contribution < 1.29 is 28.8 Å². The summed E-state index contributed by atoms with van der Waals surface area (Å²) in [6.45, 7) is 0. The minimum absolute atomic E-state index is 0.125. The zero-order valence-corrected chi connectivity index (χ0v) is 15.2. The van der Waals surface area contributed by atoms with Gasteiger partial charge in [0.1, 0.15) is 5.69 Å². The van der Waals surface area contributed by atoms with Gasteiger partial charge in [-0.1, -0.05) is 0 Å². The molecule has 3 aromatic rings. The maximum Gasteiger partial charge on any atom is 0.212 e. The number of carbonyl (C=O) groups excluding carboxylic acids is 1. The zero-order valence-electron chi connectivity index (χ0n) is 15.2. The van der Waals surface area contributed by atoms with Crippen molar-refractivity contribution in [3.8, 4) is 39.9 Å². The molecule has 2 aromatic carbocycles. The molecule has 1 aliphatic carbocycles. The second-order valence-electron chi connectivity index (χ2n) is 5.96. The monoisotopic (exact) mass is 367 g/mol. The molecule has 1 heterocycles. The van der Waals surface area contributed by atoms with E-state index in [1.807, 2.05) is 0 Å². The van der Waals surface area contributed by atoms with Gasteiger partial charge in [0, 0.05) is 33.7 Å². The number of phenols is 1. The standard InChI is InChI=1S/C20H17NO6/c1-24-13-8-10-11(7-12(13)22)17(23)16-14-9(5-6-21-16)18(25-2)20(27-4)19(26-3)15(10)14/h5-8,22H,1-4H3. The number of hydrogen-bond acceptors (Lipinski definition) is 7. The van der Waals surface area contributed by atoms with Gasteiger partial charge >= 0.3 is 0 Å². The van der Waals surface area contributed by atoms with Crippen LogP contribution >= 0.6 is 0 Å². The Balaban J connectivity index is 2.27. The lowest BCUT2D eigenvalue weighted by molar-refractivity contribution is 0.103. The SMILES string of the molecule is COc1cc2c(cc1O)C(=O)c1nccc3c(OC)c(OC)c(OC)c-2c13. The van der Waals surface area contributed by atoms with Crippen molar-refractivity contribution in [2.75, 3.05) is 28.4 Å². The van der Waals surface area contributed by atoms with Crippen molar-refractivity contribution in [3.05, 3.63) is 35.7 Å². The molecule has 0 amide bonds. The molecule has 7 heteroatoms. The normalized spacial score (nSPS) is 11.9. The number of ketones is 1. The van der Waals surface area contributed by atoms with Crippen LogP contribution in [0, 0.1) is 0 Å². The highest BCUT2D eigenvalue weighted by Gasteiger charge is 2.34. The Kier molecular flexibility index (Phi) is 3.80. The maximum atomic E-state index is 13.1. The van der Waals surface area contributed by atoms with Crippen molar-refractivity contribution in [1.82, 2.24) is 4.98 Å². The van der Waals surface area contributed by atoms with Crippen LogP contribution in [0.3, 0.4) is 0 Å². The molecule has 1 N–H and O–H groups in total. The van der Waals surface area contributed by atoms with Crippen LogP contribution in [-0.2, 0) is 0 Å². The molecule has 0 radical (unpaired) electrons. The molecule has 0 bridgehead atoms. The van der Waals surface area contributed by atoms with Crippen LogP contribution in [0.4, 0.5) is 0 Å². The summed E-state index contributed by atoms with van der Waals surface area (Å²) < 4.78 is 22.0. The number of hydrogen-bond donors (Lipinski definition) is 1. The Morgan fingerprint density at radius 2 is 1.59 bits per heavy atom. The van der Waals surface area contributed by atoms with E-state index in [-0.39, 0.29) is 23.0 Å². The minimum Gasteiger partial charge on any atom is -0.504 e. The Morgan fingerprint density at radius 3 is 2.22 bits per heavy atom. The molecule has 4 rings (SSSR count). The number of carbonyl (C=O) groups is 1. The molecule has 0 atom stereocenters. The first kappa shape index (κ1) is 17.0. The Hall–Kier alpha value is -3.48. The van der Waals surface area contributed by atoms with Crippen molar-refractivity contribution in [2.45, 2.75) is 0 Å². The van der Waals surface area contributed by atoms with E-state index in [0.717, 1.165) is 0 Å². The van der Waals surface area contributed by atoms with Gasteiger partial charge in [-0.05, 0) is 18.2 Å². The van der Waals surface area contributed by atoms with Crippen LogP contribution in [0.2, 0.25) is 0 Å². The maximum absolute atomic E-state index is 13.1. The molecule has 7 nitrogen and oxygen atoms in total. The van der Waals surface area contributed by atoms with E-state index in [1.54, 1.807) is 18.3 Å². The molecule has 1 aliphatic rings. The molecule has 0 fully saturated rings. The van der Waals surface area contributed by atoms with Gasteiger partial charge in [-0.15, -0.1) is 0 Å². The fraction of sp³-hybridized carbons (Fsp3) is 0.200. The predicted octanol–water partition coefficient (Wildman–Crippen LogP) is 3.19. The fourth-order valence-corrected chi connectivity index (χ4v) is 3.62. The van der Waals surface area contributed by atoms with Crippen LogP contribution in [0.1, 0.15) is 16.1 Å². The second-order valence-corrected chi connectivity index (χ2v) is 5.96. The lowest BCUT2D eigenvalue weighted by Crippen LogP contribution is -2.14. The number of pyridine rings is 1. The van der Waals surface area contributed by atoms with Gasteiger partial charge in [0.2, 0.25) is 11.5 Å². The first-order valence-corrected chi connectivity index (χ1v) is 8.14. The topological polar surface area (TPSA) is 87.1 Å². The highest BCUT2D eigenvalue weighted by molar-refractivity contribution is 6.27. The summed E-state index contributed by atoms with van der Waals surface area (Å²) in [5.41, 5.74) is 1.78. The largest absolute Gasteiger partial charge is 0.504 e. The Bertz CT molecular complexity index is 1110. The van der Waals surface area contributed by atoms with E-state index < -0.39 is 0 Å². The molecule has 0 saturated carbocycles. The van der Waals surface area contributed by atoms with Gasteiger partial charge in [0.05, 0.1) is 28.4 Å². The number of benzene rings is 2. The fourth-order valence-electron chi connectivity index (χ4n) is 3.62. The number of phenolic OH excluding ortho intramolecular Hbond substituents is 1. The number of aromatic hydroxyl groups is 1. The quantitative estimate of drug-likeness (QED) is 0.593. The number of fused-ring (bicyclic) bond motifs is 2. The molecular formula is C20H17NO6. The first-order chi connectivity index (χ1) is 13.1. The smallest absolute Gasteiger partial charge is 0.212 e. The average Bonchev–Trinajstić information content (AvgIpc) is 2.70. The summed E-state index contributed by atoms with van der Waals surface area (Å²) >= 11 is 0. The molecule has 1 aromatic heterocycles. The van der Waals surface area contributed by atoms with E-state index in [9.17, 15) is 9.90 Å². The molecule has 27 heavy (non-hydrogen) atoms. The van der Waals surface area contributed by atoms with Crippen LogP contribution < -0.4 is 18.9 Å². The van der Waals surface area contributed by atoms with Crippen molar-refractivity contribution in [1.29, 1.82) is 0 Å². The summed E-state index contributed by atoms with van der Waals surface area (Å²) in [5, 5.41) is 11.5. The molecule has 0 unspecified atom stereocenters. The Labute approximate surface area is 155 Å². The molecular weight excluding hydrogens is 350 g/mol. The summed E-state index contributed by atoms with van der Waals surface area (Å²) in [4.78, 5) is 17.4. The lowest BCUT2D eigenvalue weighted by atomic mass is 9.84. The van der Waals surface area contributed by atoms with Gasteiger partial charge in [0.25, 0.3) is 0 Å². The van der Waals surface area contributed by atoms with E-state index in [1.165, 1.54) is 34.5 Å². The average molecular weight is 367 g/mol. The van der Waals surface area contributed by atoms with E-state index in [0.29, 0.717) is 44.7 Å². The predicted molar refractivity (Wildman–Crippen MR) is 98.5 cm³/mol. The van der Waals surface area contributed by atoms with Crippen LogP contribution in [0.15, 0.2) is 24.4 Å². The third kappa shape index (κ3) is 2.14. The summed E-state index contributed by atoms with van der Waals surface area (Å²) in [7, 11) is 6.01. The summed E-state index contributed by atoms with van der Waals surface area (Å²) in [5.74, 6) is 1.11. The third-order valence-electron chi connectivity index (χ3n) is 4.75. The van der Waals surface area contributed by atoms with Crippen LogP contribution in [0.5, 0.6) is 28.7 Å². The van der Waals surface area contributed by atoms with Gasteiger partial charge < -0.3 is 24.1 Å². The van der Waals surface area contributed by atoms with Crippen LogP contribution in [-0.4, -0.2) is 44.3 Å². The molecule has 138 valence electrons. The summed E-state index contributed by atoms with van der Waals surface area (Å²) in [6.07, 6.45) is 1.54. The molecule has 0 saturated heterocycles. The summed E-state index contributed by atoms with van der Waals surface area (Å²) in [6, 6.07) is 4.76. The van der Waals surface area contributed by atoms with Crippen molar-refractivity contribution >= 4 is 16.6 Å². The van der Waals surface area contributed by atoms with E-state index in [2.05, 4.69) is 4.98 Å². The van der Waals surface area contributed by atoms with Crippen molar-refractivity contribution in [3.63, 3.8) is 0 Å². The highest BCUT2D eigenvalue weighted by atomic mass is 16.5. The highest BCUT2D eigenvalue weighted by Crippen LogP contribution is 2.54. The second kappa shape index (κ2) is 6.05. The van der Waals surface area contributed by atoms with E-state index in [4.69, 9.17) is 18.9 Å². The minimum atomic E-state index is -0.296. The first-order valence-electron chi connectivity index (χ1n) is 8.14. The number of nitrogens with zero attached hydrogens (tertiary/aromatic N) is 1. The molecule has 0 spiro atoms.